The van der Waals surface area contributed by atoms with Gasteiger partial charge in [-0.15, -0.1) is 0 Å². The lowest BCUT2D eigenvalue weighted by atomic mass is 9.99. The van der Waals surface area contributed by atoms with Crippen LogP contribution in [0.2, 0.25) is 0 Å². The first-order chi connectivity index (χ1) is 13.7. The number of carbonyl (C=O) groups excluding carboxylic acids is 2. The predicted octanol–water partition coefficient (Wildman–Crippen LogP) is 2.09. The highest BCUT2D eigenvalue weighted by Crippen LogP contribution is 2.40. The Labute approximate surface area is 163 Å². The molecule has 2 fully saturated rings. The zero-order valence-corrected chi connectivity index (χ0v) is 15.6. The quantitative estimate of drug-likeness (QED) is 0.453. The maximum atomic E-state index is 13.2. The monoisotopic (exact) mass is 381 g/mol. The number of nitrogens with zero attached hydrogens (tertiary/aromatic N) is 1. The summed E-state index contributed by atoms with van der Waals surface area (Å²) in [7, 11) is 0. The van der Waals surface area contributed by atoms with Gasteiger partial charge >= 0.3 is 5.97 Å². The maximum Gasteiger partial charge on any atom is 0.320 e. The first-order valence-corrected chi connectivity index (χ1v) is 9.42. The van der Waals surface area contributed by atoms with Gasteiger partial charge in [-0.1, -0.05) is 48.5 Å². The Bertz CT molecular complexity index is 830. The largest absolute Gasteiger partial charge is 0.465 e. The Hall–Kier alpha value is -2.90. The molecule has 2 unspecified atom stereocenters. The van der Waals surface area contributed by atoms with E-state index in [1.807, 2.05) is 60.7 Å². The second kappa shape index (κ2) is 8.00. The minimum Gasteiger partial charge on any atom is -0.465 e. The molecule has 0 bridgehead atoms. The van der Waals surface area contributed by atoms with E-state index in [0.717, 1.165) is 11.3 Å². The number of hydrazine groups is 1. The van der Waals surface area contributed by atoms with E-state index >= 15 is 0 Å². The molecule has 2 N–H and O–H groups in total. The molecule has 2 aliphatic rings. The second-order valence-electron chi connectivity index (χ2n) is 6.80. The number of para-hydroxylation sites is 1. The average molecular weight is 381 g/mol. The number of hydrogen-bond acceptors (Lipinski definition) is 6. The first kappa shape index (κ1) is 18.5. The Morgan fingerprint density at radius 1 is 1.14 bits per heavy atom. The molecule has 7 nitrogen and oxygen atoms in total. The van der Waals surface area contributed by atoms with Gasteiger partial charge in [0.25, 0.3) is 0 Å². The molecular weight excluding hydrogens is 358 g/mol. The molecule has 2 saturated heterocycles. The van der Waals surface area contributed by atoms with Crippen molar-refractivity contribution in [3.05, 3.63) is 66.2 Å². The molecule has 2 aromatic rings. The van der Waals surface area contributed by atoms with E-state index in [1.54, 1.807) is 11.8 Å². The van der Waals surface area contributed by atoms with Crippen molar-refractivity contribution in [1.29, 1.82) is 0 Å². The van der Waals surface area contributed by atoms with Crippen molar-refractivity contribution in [2.75, 3.05) is 18.6 Å². The molecule has 2 aliphatic heterocycles. The van der Waals surface area contributed by atoms with Crippen molar-refractivity contribution >= 4 is 17.6 Å². The summed E-state index contributed by atoms with van der Waals surface area (Å²) in [4.78, 5) is 27.4. The van der Waals surface area contributed by atoms with Crippen LogP contribution >= 0.6 is 0 Å². The van der Waals surface area contributed by atoms with Crippen LogP contribution in [0.1, 0.15) is 18.7 Å². The molecule has 0 saturated carbocycles. The molecule has 0 aliphatic carbocycles. The third kappa shape index (κ3) is 3.34. The molecule has 0 aromatic heterocycles. The summed E-state index contributed by atoms with van der Waals surface area (Å²) in [5, 5.41) is 0. The number of ether oxygens (including phenoxy) is 2. The van der Waals surface area contributed by atoms with Crippen LogP contribution in [0.15, 0.2) is 60.7 Å². The number of nitrogens with one attached hydrogen (secondary N) is 2. The number of fused-ring (bicyclic) bond motifs is 1. The van der Waals surface area contributed by atoms with Crippen LogP contribution < -0.4 is 10.9 Å². The molecular formula is C21H23N3O4. The molecule has 1 amide bonds. The smallest absolute Gasteiger partial charge is 0.320 e. The Morgan fingerprint density at radius 2 is 1.82 bits per heavy atom. The van der Waals surface area contributed by atoms with Crippen LogP contribution in [0.25, 0.3) is 0 Å². The Kier molecular flexibility index (Phi) is 5.27. The van der Waals surface area contributed by atoms with E-state index < -0.39 is 24.2 Å². The number of anilines is 1. The molecule has 4 atom stereocenters. The second-order valence-corrected chi connectivity index (χ2v) is 6.80. The zero-order valence-electron chi connectivity index (χ0n) is 15.6. The summed E-state index contributed by atoms with van der Waals surface area (Å²) in [6.45, 7) is 2.30. The predicted molar refractivity (Wildman–Crippen MR) is 103 cm³/mol. The van der Waals surface area contributed by atoms with Gasteiger partial charge in [-0.05, 0) is 19.1 Å². The number of benzene rings is 2. The summed E-state index contributed by atoms with van der Waals surface area (Å²) < 4.78 is 11.1. The molecule has 28 heavy (non-hydrogen) atoms. The topological polar surface area (TPSA) is 79.9 Å². The highest BCUT2D eigenvalue weighted by molar-refractivity contribution is 6.01. The van der Waals surface area contributed by atoms with Gasteiger partial charge in [-0.2, -0.15) is 0 Å². The van der Waals surface area contributed by atoms with Gasteiger partial charge in [0.05, 0.1) is 25.3 Å². The molecule has 0 spiro atoms. The fraction of sp³-hybridized carbons (Fsp3) is 0.333. The van der Waals surface area contributed by atoms with Crippen molar-refractivity contribution in [3.63, 3.8) is 0 Å². The average Bonchev–Trinajstić information content (AvgIpc) is 3.27. The van der Waals surface area contributed by atoms with Crippen molar-refractivity contribution in [3.8, 4) is 0 Å². The van der Waals surface area contributed by atoms with Gasteiger partial charge in [0, 0.05) is 11.3 Å². The third-order valence-electron chi connectivity index (χ3n) is 5.11. The minimum atomic E-state index is -0.920. The first-order valence-electron chi connectivity index (χ1n) is 9.42. The summed E-state index contributed by atoms with van der Waals surface area (Å²) >= 11 is 0. The van der Waals surface area contributed by atoms with Crippen LogP contribution in [0.4, 0.5) is 5.69 Å². The lowest BCUT2D eigenvalue weighted by molar-refractivity contribution is -0.154. The molecule has 146 valence electrons. The van der Waals surface area contributed by atoms with Gasteiger partial charge < -0.3 is 19.8 Å². The van der Waals surface area contributed by atoms with Crippen molar-refractivity contribution in [2.45, 2.75) is 25.2 Å². The van der Waals surface area contributed by atoms with E-state index in [2.05, 4.69) is 10.9 Å². The van der Waals surface area contributed by atoms with Crippen molar-refractivity contribution < 1.29 is 19.1 Å². The molecule has 0 radical (unpaired) electrons. The number of esters is 1. The highest BCUT2D eigenvalue weighted by Gasteiger charge is 2.57. The summed E-state index contributed by atoms with van der Waals surface area (Å²) in [6, 6.07) is 18.4. The fourth-order valence-corrected chi connectivity index (χ4v) is 3.84. The van der Waals surface area contributed by atoms with Crippen molar-refractivity contribution in [2.24, 2.45) is 5.92 Å². The normalized spacial score (nSPS) is 26.2. The fourth-order valence-electron chi connectivity index (χ4n) is 3.84. The summed E-state index contributed by atoms with van der Waals surface area (Å²) in [5.74, 6) is -1.71. The summed E-state index contributed by atoms with van der Waals surface area (Å²) in [5.41, 5.74) is 8.01. The lowest BCUT2D eigenvalue weighted by Crippen LogP contribution is -2.48. The molecule has 2 heterocycles. The number of hydrogen-bond donors (Lipinski definition) is 2. The van der Waals surface area contributed by atoms with Gasteiger partial charge in [-0.3, -0.25) is 9.59 Å². The highest BCUT2D eigenvalue weighted by atomic mass is 16.5. The van der Waals surface area contributed by atoms with Gasteiger partial charge in [-0.25, -0.2) is 5.43 Å². The number of rotatable bonds is 6. The van der Waals surface area contributed by atoms with Crippen molar-refractivity contribution in [1.82, 2.24) is 10.3 Å². The lowest BCUT2D eigenvalue weighted by Gasteiger charge is -2.24. The SMILES string of the molecule is CCOC(=O)C1C(=O)N2[C@@H](c3ccccc3)OC[C@@H]2C1NNc1ccccc1. The standard InChI is InChI=1S/C21H23N3O4/c1-2-27-21(26)17-18(23-22-15-11-7-4-8-12-15)16-13-28-20(24(16)19(17)25)14-9-5-3-6-10-14/h3-12,16-18,20,22-23H,2,13H2,1H3/t16-,17?,18?,20-/m1/s1. The van der Waals surface area contributed by atoms with Crippen LogP contribution in [0.3, 0.4) is 0 Å². The molecule has 2 aromatic carbocycles. The van der Waals surface area contributed by atoms with E-state index in [1.165, 1.54) is 0 Å². The molecule has 7 heteroatoms. The van der Waals surface area contributed by atoms with E-state index in [0.29, 0.717) is 6.61 Å². The van der Waals surface area contributed by atoms with Crippen LogP contribution in [-0.2, 0) is 19.1 Å². The third-order valence-corrected chi connectivity index (χ3v) is 5.11. The minimum absolute atomic E-state index is 0.227. The Balaban J connectivity index is 1.59. The Morgan fingerprint density at radius 3 is 2.50 bits per heavy atom. The van der Waals surface area contributed by atoms with Crippen LogP contribution in [-0.4, -0.2) is 42.1 Å². The number of carbonyl (C=O) groups is 2. The van der Waals surface area contributed by atoms with Crippen LogP contribution in [0, 0.1) is 5.92 Å². The molecule has 4 rings (SSSR count). The number of amides is 1. The maximum absolute atomic E-state index is 13.2. The summed E-state index contributed by atoms with van der Waals surface area (Å²) in [6.07, 6.45) is -0.501. The zero-order chi connectivity index (χ0) is 19.5. The van der Waals surface area contributed by atoms with Gasteiger partial charge in [0.2, 0.25) is 5.91 Å². The van der Waals surface area contributed by atoms with E-state index in [9.17, 15) is 9.59 Å². The van der Waals surface area contributed by atoms with Gasteiger partial charge in [0.1, 0.15) is 0 Å². The van der Waals surface area contributed by atoms with E-state index in [-0.39, 0.29) is 18.6 Å². The van der Waals surface area contributed by atoms with Gasteiger partial charge in [0.15, 0.2) is 12.1 Å². The van der Waals surface area contributed by atoms with E-state index in [4.69, 9.17) is 9.47 Å². The van der Waals surface area contributed by atoms with Crippen LogP contribution in [0.5, 0.6) is 0 Å².